The maximum atomic E-state index is 13.3. The summed E-state index contributed by atoms with van der Waals surface area (Å²) in [5.41, 5.74) is 1.41. The third-order valence-corrected chi connectivity index (χ3v) is 6.33. The zero-order chi connectivity index (χ0) is 26.5. The van der Waals surface area contributed by atoms with Gasteiger partial charge in [0.15, 0.2) is 11.5 Å². The molecule has 2 aromatic rings. The number of benzene rings is 2. The van der Waals surface area contributed by atoms with Crippen molar-refractivity contribution in [3.05, 3.63) is 63.2 Å². The molecule has 2 fully saturated rings. The molecule has 202 valence electrons. The van der Waals surface area contributed by atoms with Crippen molar-refractivity contribution in [1.82, 2.24) is 10.2 Å². The molecule has 2 aromatic carbocycles. The fourth-order valence-corrected chi connectivity index (χ4v) is 4.38. The molecule has 0 atom stereocenters. The third-order valence-electron chi connectivity index (χ3n) is 6.33. The molecule has 0 spiro atoms. The molecule has 0 bridgehead atoms. The predicted molar refractivity (Wildman–Crippen MR) is 133 cm³/mol. The fourth-order valence-electron chi connectivity index (χ4n) is 4.38. The molecule has 2 aliphatic rings. The van der Waals surface area contributed by atoms with E-state index in [-0.39, 0.29) is 30.2 Å². The number of hydrogen-bond acceptors (Lipinski definition) is 8. The van der Waals surface area contributed by atoms with Crippen molar-refractivity contribution in [2.75, 3.05) is 51.8 Å². The molecule has 2 saturated heterocycles. The van der Waals surface area contributed by atoms with Crippen LogP contribution in [0.25, 0.3) is 6.08 Å². The first kappa shape index (κ1) is 28.4. The number of hydrogen-bond donors (Lipinski definition) is 2. The van der Waals surface area contributed by atoms with Crippen molar-refractivity contribution >= 4 is 35.3 Å². The first-order chi connectivity index (χ1) is 17.8. The summed E-state index contributed by atoms with van der Waals surface area (Å²) in [5, 5.41) is 15.8. The Balaban J connectivity index is 0.00000400. The number of nitrogens with two attached hydrogens (primary N) is 1. The second-order valence-corrected chi connectivity index (χ2v) is 8.57. The molecule has 0 radical (unpaired) electrons. The van der Waals surface area contributed by atoms with Crippen LogP contribution in [0.1, 0.15) is 11.1 Å². The van der Waals surface area contributed by atoms with E-state index in [1.54, 1.807) is 24.3 Å². The number of barbiturate groups is 1. The third kappa shape index (κ3) is 6.03. The number of nitrogens with zero attached hydrogens (tertiary/aromatic N) is 3. The summed E-state index contributed by atoms with van der Waals surface area (Å²) in [6.45, 7) is 3.14. The summed E-state index contributed by atoms with van der Waals surface area (Å²) in [6.07, 6.45) is 1.64. The second kappa shape index (κ2) is 12.4. The van der Waals surface area contributed by atoms with E-state index in [4.69, 9.17) is 9.47 Å². The van der Waals surface area contributed by atoms with Crippen LogP contribution < -0.4 is 37.4 Å². The summed E-state index contributed by atoms with van der Waals surface area (Å²) < 4.78 is 10.5. The summed E-state index contributed by atoms with van der Waals surface area (Å²) in [4.78, 5) is 52.4. The lowest BCUT2D eigenvalue weighted by atomic mass is 10.0. The van der Waals surface area contributed by atoms with Crippen LogP contribution in [-0.2, 0) is 16.0 Å². The Hall–Kier alpha value is -4.16. The monoisotopic (exact) mass is 545 g/mol. The maximum absolute atomic E-state index is 13.3. The first-order valence-electron chi connectivity index (χ1n) is 11.8. The summed E-state index contributed by atoms with van der Waals surface area (Å²) in [6, 6.07) is 8.81. The van der Waals surface area contributed by atoms with Crippen LogP contribution in [0.4, 0.5) is 16.2 Å². The number of non-ortho nitro benzene ring substituents is 1. The highest BCUT2D eigenvalue weighted by Crippen LogP contribution is 2.30. The van der Waals surface area contributed by atoms with Gasteiger partial charge in [-0.1, -0.05) is 6.07 Å². The number of piperazine rings is 1. The average Bonchev–Trinajstić information content (AvgIpc) is 2.91. The highest BCUT2D eigenvalue weighted by Gasteiger charge is 2.36. The van der Waals surface area contributed by atoms with Gasteiger partial charge in [-0.2, -0.15) is 0 Å². The topological polar surface area (TPSA) is 148 Å². The Morgan fingerprint density at radius 3 is 2.42 bits per heavy atom. The van der Waals surface area contributed by atoms with Crippen molar-refractivity contribution in [3.8, 4) is 11.5 Å². The molecular formula is C25H28ClN5O7. The minimum Gasteiger partial charge on any atom is -1.00 e. The van der Waals surface area contributed by atoms with Crippen LogP contribution in [0.5, 0.6) is 11.5 Å². The smallest absolute Gasteiger partial charge is 0.331 e. The number of carbonyl (C=O) groups excluding carboxylic acids is 3. The van der Waals surface area contributed by atoms with E-state index in [0.29, 0.717) is 42.3 Å². The van der Waals surface area contributed by atoms with Crippen LogP contribution in [0.3, 0.4) is 0 Å². The Labute approximate surface area is 225 Å². The van der Waals surface area contributed by atoms with Crippen molar-refractivity contribution in [1.29, 1.82) is 0 Å². The zero-order valence-electron chi connectivity index (χ0n) is 20.9. The Kier molecular flexibility index (Phi) is 9.26. The molecule has 12 nitrogen and oxygen atoms in total. The number of nitro groups is 1. The number of halogens is 1. The average molecular weight is 546 g/mol. The number of nitro benzene ring substituents is 1. The number of methoxy groups -OCH3 is 2. The minimum atomic E-state index is -0.846. The Bertz CT molecular complexity index is 1280. The lowest BCUT2D eigenvalue weighted by molar-refractivity contribution is -0.655. The lowest BCUT2D eigenvalue weighted by Gasteiger charge is -2.29. The van der Waals surface area contributed by atoms with Gasteiger partial charge in [0.2, 0.25) is 0 Å². The highest BCUT2D eigenvalue weighted by atomic mass is 35.5. The van der Waals surface area contributed by atoms with Crippen molar-refractivity contribution in [2.45, 2.75) is 6.42 Å². The molecule has 0 saturated carbocycles. The number of amides is 4. The number of anilines is 1. The minimum absolute atomic E-state index is 0. The van der Waals surface area contributed by atoms with E-state index in [1.807, 2.05) is 0 Å². The number of nitrogens with one attached hydrogen (secondary N) is 1. The van der Waals surface area contributed by atoms with Crippen molar-refractivity contribution in [3.63, 3.8) is 0 Å². The molecule has 4 amide bonds. The normalized spacial score (nSPS) is 16.7. The predicted octanol–water partition coefficient (Wildman–Crippen LogP) is -2.30. The van der Waals surface area contributed by atoms with Gasteiger partial charge < -0.3 is 32.1 Å². The van der Waals surface area contributed by atoms with Gasteiger partial charge in [0.05, 0.1) is 45.3 Å². The summed E-state index contributed by atoms with van der Waals surface area (Å²) in [5.74, 6) is -0.549. The van der Waals surface area contributed by atoms with Crippen LogP contribution in [0.2, 0.25) is 0 Å². The largest absolute Gasteiger partial charge is 1.00 e. The van der Waals surface area contributed by atoms with Crippen molar-refractivity contribution < 1.29 is 46.5 Å². The van der Waals surface area contributed by atoms with Gasteiger partial charge >= 0.3 is 6.03 Å². The molecular weight excluding hydrogens is 518 g/mol. The Morgan fingerprint density at radius 1 is 1.05 bits per heavy atom. The van der Waals surface area contributed by atoms with Crippen LogP contribution in [0.15, 0.2) is 42.0 Å². The second-order valence-electron chi connectivity index (χ2n) is 8.57. The van der Waals surface area contributed by atoms with Gasteiger partial charge in [-0.05, 0) is 36.3 Å². The van der Waals surface area contributed by atoms with E-state index in [1.165, 1.54) is 32.4 Å². The molecule has 13 heteroatoms. The fraction of sp³-hybridized carbons (Fsp3) is 0.320. The summed E-state index contributed by atoms with van der Waals surface area (Å²) >= 11 is 0. The van der Waals surface area contributed by atoms with E-state index in [0.717, 1.165) is 23.6 Å². The van der Waals surface area contributed by atoms with Crippen molar-refractivity contribution in [2.24, 2.45) is 0 Å². The van der Waals surface area contributed by atoms with Gasteiger partial charge in [-0.3, -0.25) is 29.9 Å². The zero-order valence-corrected chi connectivity index (χ0v) is 21.7. The molecule has 3 N–H and O–H groups in total. The number of ether oxygens (including phenoxy) is 2. The quantitative estimate of drug-likeness (QED) is 0.163. The van der Waals surface area contributed by atoms with E-state index < -0.39 is 22.8 Å². The SMILES string of the molecule is COc1ccc(CCN2C(=O)NC(=O)/C(=C/c3cc([N+](=O)[O-])ccc3N3CC[NH2+]CC3)C2=O)cc1OC.[Cl-]. The molecule has 4 rings (SSSR count). The van der Waals surface area contributed by atoms with Crippen LogP contribution >= 0.6 is 0 Å². The van der Waals surface area contributed by atoms with Crippen LogP contribution in [0, 0.1) is 10.1 Å². The first-order valence-corrected chi connectivity index (χ1v) is 11.8. The molecule has 0 aliphatic carbocycles. The number of quaternary nitrogens is 1. The van der Waals surface area contributed by atoms with Gasteiger partial charge in [0.25, 0.3) is 17.5 Å². The molecule has 0 unspecified atom stereocenters. The summed E-state index contributed by atoms with van der Waals surface area (Å²) in [7, 11) is 3.03. The number of imide groups is 2. The molecule has 2 aliphatic heterocycles. The number of urea groups is 1. The number of carbonyl (C=O) groups is 3. The van der Waals surface area contributed by atoms with Gasteiger partial charge in [-0.15, -0.1) is 0 Å². The maximum Gasteiger partial charge on any atom is 0.331 e. The standard InChI is InChI=1S/C25H27N5O7.ClH/c1-36-21-6-3-16(13-22(21)37-2)7-10-29-24(32)19(23(31)27-25(29)33)15-17-14-18(30(34)35)4-5-20(17)28-11-8-26-9-12-28;/h3-6,13-15,26H,7-12H2,1-2H3,(H,27,31,33);1H/b19-15-;. The van der Waals surface area contributed by atoms with E-state index >= 15 is 0 Å². The van der Waals surface area contributed by atoms with Gasteiger partial charge in [0.1, 0.15) is 5.57 Å². The molecule has 38 heavy (non-hydrogen) atoms. The van der Waals surface area contributed by atoms with E-state index in [2.05, 4.69) is 15.5 Å². The van der Waals surface area contributed by atoms with Gasteiger partial charge in [0, 0.05) is 29.9 Å². The lowest BCUT2D eigenvalue weighted by Crippen LogP contribution is -3.00. The number of rotatable bonds is 8. The Morgan fingerprint density at radius 2 is 1.76 bits per heavy atom. The molecule has 2 heterocycles. The van der Waals surface area contributed by atoms with Crippen LogP contribution in [-0.4, -0.2) is 74.6 Å². The molecule has 0 aromatic heterocycles. The van der Waals surface area contributed by atoms with Gasteiger partial charge in [-0.25, -0.2) is 4.79 Å². The van der Waals surface area contributed by atoms with E-state index in [9.17, 15) is 24.5 Å². The highest BCUT2D eigenvalue weighted by molar-refractivity contribution is 6.31.